The molecule has 0 radical (unpaired) electrons. The lowest BCUT2D eigenvalue weighted by atomic mass is 10.1. The smallest absolute Gasteiger partial charge is 0.335 e. The fraction of sp³-hybridized carbons (Fsp3) is 0.125. The standard InChI is InChI=1S/C24H23N3O6S/c1-2-33-21-14-12-20(13-15-21)27(34(31,32)22-6-4-3-5-7-22)17-23(28)26-25-16-18-8-10-19(11-9-18)24(29)30/h3-16H,2,17H2,1H3,(H,26,28)(H,29,30)/b25-16-. The molecule has 1 amide bonds. The molecule has 0 aromatic heterocycles. The first-order chi connectivity index (χ1) is 16.3. The summed E-state index contributed by atoms with van der Waals surface area (Å²) in [4.78, 5) is 23.5. The van der Waals surface area contributed by atoms with Crippen molar-refractivity contribution in [2.24, 2.45) is 5.10 Å². The van der Waals surface area contributed by atoms with Gasteiger partial charge in [0.15, 0.2) is 0 Å². The Labute approximate surface area is 197 Å². The molecule has 0 heterocycles. The average molecular weight is 482 g/mol. The van der Waals surface area contributed by atoms with Crippen molar-refractivity contribution in [2.45, 2.75) is 11.8 Å². The lowest BCUT2D eigenvalue weighted by molar-refractivity contribution is -0.119. The first kappa shape index (κ1) is 24.5. The van der Waals surface area contributed by atoms with Crippen LogP contribution >= 0.6 is 0 Å². The molecule has 3 rings (SSSR count). The highest BCUT2D eigenvalue weighted by Crippen LogP contribution is 2.25. The Bertz CT molecular complexity index is 1260. The highest BCUT2D eigenvalue weighted by molar-refractivity contribution is 7.92. The van der Waals surface area contributed by atoms with Crippen LogP contribution in [-0.4, -0.2) is 44.8 Å². The number of carbonyl (C=O) groups is 2. The predicted octanol–water partition coefficient (Wildman–Crippen LogP) is 3.13. The van der Waals surface area contributed by atoms with Crippen LogP contribution in [0.15, 0.2) is 88.9 Å². The van der Waals surface area contributed by atoms with Crippen molar-refractivity contribution in [3.05, 3.63) is 90.0 Å². The number of carbonyl (C=O) groups excluding carboxylic acids is 1. The van der Waals surface area contributed by atoms with Gasteiger partial charge in [-0.15, -0.1) is 0 Å². The molecule has 10 heteroatoms. The van der Waals surface area contributed by atoms with Gasteiger partial charge < -0.3 is 9.84 Å². The van der Waals surface area contributed by atoms with Gasteiger partial charge in [-0.25, -0.2) is 18.6 Å². The van der Waals surface area contributed by atoms with Crippen LogP contribution in [0.1, 0.15) is 22.8 Å². The van der Waals surface area contributed by atoms with Gasteiger partial charge in [0, 0.05) is 0 Å². The lowest BCUT2D eigenvalue weighted by Gasteiger charge is -2.24. The number of rotatable bonds is 10. The average Bonchev–Trinajstić information content (AvgIpc) is 2.84. The number of nitrogens with zero attached hydrogens (tertiary/aromatic N) is 2. The normalized spacial score (nSPS) is 11.2. The number of carboxylic acid groups (broad SMARTS) is 1. The Morgan fingerprint density at radius 2 is 1.65 bits per heavy atom. The minimum absolute atomic E-state index is 0.0405. The number of anilines is 1. The zero-order chi connectivity index (χ0) is 24.6. The second-order valence-electron chi connectivity index (χ2n) is 6.97. The van der Waals surface area contributed by atoms with E-state index in [4.69, 9.17) is 9.84 Å². The summed E-state index contributed by atoms with van der Waals surface area (Å²) in [6, 6.07) is 20.1. The molecule has 34 heavy (non-hydrogen) atoms. The van der Waals surface area contributed by atoms with Crippen molar-refractivity contribution >= 4 is 33.8 Å². The van der Waals surface area contributed by atoms with Crippen LogP contribution in [0.5, 0.6) is 5.75 Å². The van der Waals surface area contributed by atoms with E-state index in [0.717, 1.165) is 4.31 Å². The summed E-state index contributed by atoms with van der Waals surface area (Å²) in [6.07, 6.45) is 1.33. The van der Waals surface area contributed by atoms with E-state index >= 15 is 0 Å². The van der Waals surface area contributed by atoms with Gasteiger partial charge in [0.25, 0.3) is 15.9 Å². The summed E-state index contributed by atoms with van der Waals surface area (Å²) >= 11 is 0. The third-order valence-electron chi connectivity index (χ3n) is 4.61. The Balaban J connectivity index is 1.79. The maximum atomic E-state index is 13.3. The first-order valence-electron chi connectivity index (χ1n) is 10.3. The molecule has 0 saturated carbocycles. The number of nitrogens with one attached hydrogen (secondary N) is 1. The van der Waals surface area contributed by atoms with Crippen molar-refractivity contribution in [3.8, 4) is 5.75 Å². The van der Waals surface area contributed by atoms with E-state index in [1.165, 1.54) is 42.6 Å². The molecule has 0 atom stereocenters. The Morgan fingerprint density at radius 1 is 1.00 bits per heavy atom. The van der Waals surface area contributed by atoms with E-state index in [1.807, 2.05) is 6.92 Å². The van der Waals surface area contributed by atoms with Crippen molar-refractivity contribution in [1.82, 2.24) is 5.43 Å². The van der Waals surface area contributed by atoms with Crippen LogP contribution in [0.4, 0.5) is 5.69 Å². The van der Waals surface area contributed by atoms with Gasteiger partial charge in [0.05, 0.1) is 29.0 Å². The molecule has 0 aliphatic heterocycles. The number of sulfonamides is 1. The molecule has 0 bridgehead atoms. The van der Waals surface area contributed by atoms with Crippen LogP contribution in [-0.2, 0) is 14.8 Å². The number of hydrogen-bond donors (Lipinski definition) is 2. The minimum atomic E-state index is -4.04. The first-order valence-corrected chi connectivity index (χ1v) is 11.7. The van der Waals surface area contributed by atoms with Crippen LogP contribution in [0.3, 0.4) is 0 Å². The van der Waals surface area contributed by atoms with Crippen LogP contribution in [0, 0.1) is 0 Å². The number of aromatic carboxylic acids is 1. The highest BCUT2D eigenvalue weighted by Gasteiger charge is 2.27. The molecule has 0 unspecified atom stereocenters. The maximum absolute atomic E-state index is 13.3. The quantitative estimate of drug-likeness (QED) is 0.339. The van der Waals surface area contributed by atoms with Gasteiger partial charge in [-0.05, 0) is 61.0 Å². The topological polar surface area (TPSA) is 125 Å². The van der Waals surface area contributed by atoms with E-state index in [2.05, 4.69) is 10.5 Å². The van der Waals surface area contributed by atoms with E-state index in [0.29, 0.717) is 17.9 Å². The summed E-state index contributed by atoms with van der Waals surface area (Å²) in [5.74, 6) is -1.14. The van der Waals surface area contributed by atoms with Gasteiger partial charge in [0.2, 0.25) is 0 Å². The summed E-state index contributed by atoms with van der Waals surface area (Å²) in [5, 5.41) is 12.8. The van der Waals surface area contributed by atoms with E-state index in [1.54, 1.807) is 42.5 Å². The van der Waals surface area contributed by atoms with Gasteiger partial charge in [-0.2, -0.15) is 5.10 Å². The van der Waals surface area contributed by atoms with Crippen molar-refractivity contribution < 1.29 is 27.9 Å². The fourth-order valence-corrected chi connectivity index (χ4v) is 4.41. The second kappa shape index (κ2) is 11.1. The lowest BCUT2D eigenvalue weighted by Crippen LogP contribution is -2.39. The third kappa shape index (κ3) is 6.20. The molecule has 0 aliphatic rings. The number of ether oxygens (including phenoxy) is 1. The molecule has 0 fully saturated rings. The zero-order valence-corrected chi connectivity index (χ0v) is 19.1. The molecule has 0 aliphatic carbocycles. The van der Waals surface area contributed by atoms with Gasteiger partial charge in [0.1, 0.15) is 12.3 Å². The Hall–Kier alpha value is -4.18. The van der Waals surface area contributed by atoms with Crippen molar-refractivity contribution in [3.63, 3.8) is 0 Å². The number of benzene rings is 3. The highest BCUT2D eigenvalue weighted by atomic mass is 32.2. The molecule has 3 aromatic rings. The number of amides is 1. The third-order valence-corrected chi connectivity index (χ3v) is 6.40. The number of hydrazone groups is 1. The van der Waals surface area contributed by atoms with Crippen LogP contribution in [0.25, 0.3) is 0 Å². The Morgan fingerprint density at radius 3 is 2.24 bits per heavy atom. The van der Waals surface area contributed by atoms with Gasteiger partial charge in [-0.3, -0.25) is 9.10 Å². The molecule has 9 nitrogen and oxygen atoms in total. The van der Waals surface area contributed by atoms with E-state index in [9.17, 15) is 18.0 Å². The van der Waals surface area contributed by atoms with Gasteiger partial charge in [-0.1, -0.05) is 30.3 Å². The van der Waals surface area contributed by atoms with Crippen LogP contribution < -0.4 is 14.5 Å². The molecule has 176 valence electrons. The fourth-order valence-electron chi connectivity index (χ4n) is 2.97. The molecule has 2 N–H and O–H groups in total. The van der Waals surface area contributed by atoms with E-state index < -0.39 is 28.4 Å². The SMILES string of the molecule is CCOc1ccc(N(CC(=O)N/N=C\c2ccc(C(=O)O)cc2)S(=O)(=O)c2ccccc2)cc1. The van der Waals surface area contributed by atoms with Crippen molar-refractivity contribution in [2.75, 3.05) is 17.5 Å². The zero-order valence-electron chi connectivity index (χ0n) is 18.3. The molecular formula is C24H23N3O6S. The summed E-state index contributed by atoms with van der Waals surface area (Å²) < 4.78 is 33.0. The van der Waals surface area contributed by atoms with Gasteiger partial charge >= 0.3 is 5.97 Å². The molecule has 0 saturated heterocycles. The number of hydrogen-bond acceptors (Lipinski definition) is 6. The van der Waals surface area contributed by atoms with Crippen LogP contribution in [0.2, 0.25) is 0 Å². The molecule has 3 aromatic carbocycles. The maximum Gasteiger partial charge on any atom is 0.335 e. The Kier molecular flexibility index (Phi) is 7.99. The summed E-state index contributed by atoms with van der Waals surface area (Å²) in [7, 11) is -4.04. The largest absolute Gasteiger partial charge is 0.494 e. The summed E-state index contributed by atoms with van der Waals surface area (Å²) in [5.41, 5.74) is 3.28. The minimum Gasteiger partial charge on any atom is -0.494 e. The monoisotopic (exact) mass is 481 g/mol. The molecular weight excluding hydrogens is 458 g/mol. The summed E-state index contributed by atoms with van der Waals surface area (Å²) in [6.45, 7) is 1.79. The van der Waals surface area contributed by atoms with E-state index in [-0.39, 0.29) is 16.1 Å². The molecule has 0 spiro atoms. The number of carboxylic acids is 1. The van der Waals surface area contributed by atoms with Crippen molar-refractivity contribution in [1.29, 1.82) is 0 Å². The second-order valence-corrected chi connectivity index (χ2v) is 8.83. The predicted molar refractivity (Wildman–Crippen MR) is 128 cm³/mol.